The smallest absolute Gasteiger partial charge is 0.305 e. The highest BCUT2D eigenvalue weighted by molar-refractivity contribution is 5.95. The van der Waals surface area contributed by atoms with Crippen LogP contribution in [0.3, 0.4) is 0 Å². The number of nitrogens with one attached hydrogen (secondary N) is 2. The predicted octanol–water partition coefficient (Wildman–Crippen LogP) is 1.65. The molecule has 1 atom stereocenters. The van der Waals surface area contributed by atoms with Crippen molar-refractivity contribution in [1.82, 2.24) is 5.32 Å². The highest BCUT2D eigenvalue weighted by Crippen LogP contribution is 2.10. The molecule has 0 spiro atoms. The molecule has 16 heavy (non-hydrogen) atoms. The van der Waals surface area contributed by atoms with Crippen LogP contribution in [0.2, 0.25) is 0 Å². The second kappa shape index (κ2) is 6.22. The molecule has 6 heteroatoms. The largest absolute Gasteiger partial charge is 0.361 e. The second-order valence-corrected chi connectivity index (χ2v) is 3.64. The lowest BCUT2D eigenvalue weighted by atomic mass is 10.2. The van der Waals surface area contributed by atoms with Crippen molar-refractivity contribution in [3.8, 4) is 0 Å². The van der Waals surface area contributed by atoms with E-state index in [1.807, 2.05) is 0 Å². The van der Waals surface area contributed by atoms with Crippen LogP contribution in [0.5, 0.6) is 0 Å². The molecule has 1 saturated heterocycles. The van der Waals surface area contributed by atoms with Gasteiger partial charge in [-0.15, -0.1) is 0 Å². The molecule has 0 saturated carbocycles. The lowest BCUT2D eigenvalue weighted by Gasteiger charge is -2.22. The summed E-state index contributed by atoms with van der Waals surface area (Å²) in [5.41, 5.74) is -0.162. The van der Waals surface area contributed by atoms with Gasteiger partial charge in [-0.3, -0.25) is 15.5 Å². The van der Waals surface area contributed by atoms with E-state index in [-0.39, 0.29) is 17.6 Å². The van der Waals surface area contributed by atoms with Crippen LogP contribution in [-0.4, -0.2) is 23.5 Å². The molecule has 0 amide bonds. The van der Waals surface area contributed by atoms with E-state index >= 15 is 0 Å². The number of hydrogen-bond acceptors (Lipinski definition) is 5. The summed E-state index contributed by atoms with van der Waals surface area (Å²) < 4.78 is 5.37. The fourth-order valence-corrected chi connectivity index (χ4v) is 1.48. The van der Waals surface area contributed by atoms with Gasteiger partial charge in [-0.1, -0.05) is 6.92 Å². The number of ether oxygens (including phenoxy) is 1. The molecule has 0 radical (unpaired) electrons. The molecule has 0 aromatic carbocycles. The summed E-state index contributed by atoms with van der Waals surface area (Å²) in [7, 11) is 0. The SMILES string of the molecule is CCC(=N)/C(=C\NC1CCCCO1)[N+](=O)[O-]. The first-order chi connectivity index (χ1) is 7.65. The van der Waals surface area contributed by atoms with E-state index in [0.717, 1.165) is 19.3 Å². The van der Waals surface area contributed by atoms with Crippen molar-refractivity contribution in [2.24, 2.45) is 0 Å². The van der Waals surface area contributed by atoms with Crippen LogP contribution < -0.4 is 5.32 Å². The zero-order valence-electron chi connectivity index (χ0n) is 9.36. The summed E-state index contributed by atoms with van der Waals surface area (Å²) >= 11 is 0. The maximum Gasteiger partial charge on any atom is 0.305 e. The molecule has 1 fully saturated rings. The third-order valence-electron chi connectivity index (χ3n) is 2.45. The van der Waals surface area contributed by atoms with E-state index in [1.54, 1.807) is 6.92 Å². The Hall–Kier alpha value is -1.43. The number of allylic oxidation sites excluding steroid dienone is 1. The summed E-state index contributed by atoms with van der Waals surface area (Å²) in [6.45, 7) is 2.40. The third-order valence-corrected chi connectivity index (χ3v) is 2.45. The monoisotopic (exact) mass is 227 g/mol. The van der Waals surface area contributed by atoms with Gasteiger partial charge in [-0.2, -0.15) is 0 Å². The lowest BCUT2D eigenvalue weighted by molar-refractivity contribution is -0.415. The van der Waals surface area contributed by atoms with Gasteiger partial charge in [0.15, 0.2) is 0 Å². The Bertz CT molecular complexity index is 296. The Morgan fingerprint density at radius 3 is 2.94 bits per heavy atom. The van der Waals surface area contributed by atoms with Crippen molar-refractivity contribution in [1.29, 1.82) is 5.41 Å². The third kappa shape index (κ3) is 3.62. The van der Waals surface area contributed by atoms with Gasteiger partial charge in [0.2, 0.25) is 0 Å². The molecule has 0 aromatic heterocycles. The number of nitrogens with zero attached hydrogens (tertiary/aromatic N) is 1. The zero-order valence-corrected chi connectivity index (χ0v) is 9.36. The average molecular weight is 227 g/mol. The standard InChI is InChI=1S/C10H17N3O3/c1-2-8(11)9(13(14)15)7-12-10-5-3-4-6-16-10/h7,10-12H,2-6H2,1H3/b9-7+,11-8?. The van der Waals surface area contributed by atoms with Crippen molar-refractivity contribution in [2.75, 3.05) is 6.61 Å². The van der Waals surface area contributed by atoms with E-state index in [4.69, 9.17) is 10.1 Å². The summed E-state index contributed by atoms with van der Waals surface area (Å²) in [5, 5.41) is 21.0. The fraction of sp³-hybridized carbons (Fsp3) is 0.700. The van der Waals surface area contributed by atoms with E-state index in [1.165, 1.54) is 6.20 Å². The van der Waals surface area contributed by atoms with Crippen molar-refractivity contribution in [3.63, 3.8) is 0 Å². The van der Waals surface area contributed by atoms with Gasteiger partial charge in [0.1, 0.15) is 11.9 Å². The first-order valence-corrected chi connectivity index (χ1v) is 5.45. The van der Waals surface area contributed by atoms with Crippen molar-refractivity contribution in [2.45, 2.75) is 38.8 Å². The molecule has 1 unspecified atom stereocenters. The van der Waals surface area contributed by atoms with Crippen LogP contribution in [0.25, 0.3) is 0 Å². The minimum Gasteiger partial charge on any atom is -0.361 e. The minimum atomic E-state index is -0.540. The van der Waals surface area contributed by atoms with Crippen molar-refractivity contribution in [3.05, 3.63) is 22.0 Å². The maximum absolute atomic E-state index is 10.7. The minimum absolute atomic E-state index is 0.0216. The van der Waals surface area contributed by atoms with Gasteiger partial charge in [-0.05, 0) is 25.7 Å². The molecule has 0 aliphatic carbocycles. The van der Waals surface area contributed by atoms with Gasteiger partial charge in [-0.25, -0.2) is 0 Å². The predicted molar refractivity (Wildman–Crippen MR) is 59.8 cm³/mol. The molecular formula is C10H17N3O3. The van der Waals surface area contributed by atoms with Gasteiger partial charge >= 0.3 is 5.70 Å². The van der Waals surface area contributed by atoms with Crippen LogP contribution >= 0.6 is 0 Å². The normalized spacial score (nSPS) is 21.6. The van der Waals surface area contributed by atoms with E-state index in [2.05, 4.69) is 5.32 Å². The summed E-state index contributed by atoms with van der Waals surface area (Å²) in [4.78, 5) is 10.1. The van der Waals surface area contributed by atoms with Crippen LogP contribution in [0.15, 0.2) is 11.9 Å². The molecule has 1 rings (SSSR count). The lowest BCUT2D eigenvalue weighted by Crippen LogP contribution is -2.32. The van der Waals surface area contributed by atoms with Gasteiger partial charge in [0.05, 0.1) is 11.1 Å². The van der Waals surface area contributed by atoms with Gasteiger partial charge in [0.25, 0.3) is 0 Å². The molecule has 1 aliphatic heterocycles. The fourth-order valence-electron chi connectivity index (χ4n) is 1.48. The van der Waals surface area contributed by atoms with Crippen molar-refractivity contribution < 1.29 is 9.66 Å². The average Bonchev–Trinajstić information content (AvgIpc) is 2.30. The Morgan fingerprint density at radius 1 is 1.69 bits per heavy atom. The van der Waals surface area contributed by atoms with Crippen LogP contribution in [0.1, 0.15) is 32.6 Å². The summed E-state index contributed by atoms with van der Waals surface area (Å²) in [5.74, 6) is 0. The van der Waals surface area contributed by atoms with Gasteiger partial charge < -0.3 is 10.1 Å². The molecule has 90 valence electrons. The second-order valence-electron chi connectivity index (χ2n) is 3.64. The molecule has 6 nitrogen and oxygen atoms in total. The number of nitro groups is 1. The number of hydrogen-bond donors (Lipinski definition) is 2. The van der Waals surface area contributed by atoms with Crippen LogP contribution in [-0.2, 0) is 4.74 Å². The molecule has 0 bridgehead atoms. The Balaban J connectivity index is 2.56. The Labute approximate surface area is 94.3 Å². The number of rotatable bonds is 5. The van der Waals surface area contributed by atoms with Crippen molar-refractivity contribution >= 4 is 5.71 Å². The van der Waals surface area contributed by atoms with E-state index < -0.39 is 4.92 Å². The molecule has 1 aliphatic rings. The molecule has 1 heterocycles. The first-order valence-electron chi connectivity index (χ1n) is 5.45. The zero-order chi connectivity index (χ0) is 12.0. The molecular weight excluding hydrogens is 210 g/mol. The topological polar surface area (TPSA) is 88.2 Å². The highest BCUT2D eigenvalue weighted by atomic mass is 16.6. The summed E-state index contributed by atoms with van der Waals surface area (Å²) in [6, 6.07) is 0. The van der Waals surface area contributed by atoms with E-state index in [9.17, 15) is 10.1 Å². The first kappa shape index (κ1) is 12.6. The van der Waals surface area contributed by atoms with Crippen LogP contribution in [0.4, 0.5) is 0 Å². The highest BCUT2D eigenvalue weighted by Gasteiger charge is 2.18. The van der Waals surface area contributed by atoms with E-state index in [0.29, 0.717) is 13.0 Å². The van der Waals surface area contributed by atoms with Gasteiger partial charge in [0, 0.05) is 6.61 Å². The quantitative estimate of drug-likeness (QED) is 0.424. The van der Waals surface area contributed by atoms with Crippen LogP contribution in [0, 0.1) is 15.5 Å². The molecule has 0 aromatic rings. The Kier molecular flexibility index (Phi) is 4.91. The maximum atomic E-state index is 10.7. The summed E-state index contributed by atoms with van der Waals surface area (Å²) in [6.07, 6.45) is 4.41. The molecule has 2 N–H and O–H groups in total. The Morgan fingerprint density at radius 2 is 2.44 bits per heavy atom.